The highest BCUT2D eigenvalue weighted by molar-refractivity contribution is 5.95. The highest BCUT2D eigenvalue weighted by atomic mass is 19.1. The van der Waals surface area contributed by atoms with Gasteiger partial charge in [0.15, 0.2) is 5.65 Å². The fourth-order valence-corrected chi connectivity index (χ4v) is 4.86. The van der Waals surface area contributed by atoms with Crippen LogP contribution in [0.15, 0.2) is 60.8 Å². The third-order valence-electron chi connectivity index (χ3n) is 6.97. The lowest BCUT2D eigenvalue weighted by Crippen LogP contribution is -2.35. The molecule has 1 aliphatic rings. The van der Waals surface area contributed by atoms with Crippen molar-refractivity contribution in [1.29, 1.82) is 0 Å². The van der Waals surface area contributed by atoms with E-state index in [1.54, 1.807) is 13.0 Å². The fourth-order valence-electron chi connectivity index (χ4n) is 4.86. The summed E-state index contributed by atoms with van der Waals surface area (Å²) < 4.78 is 29.0. The summed E-state index contributed by atoms with van der Waals surface area (Å²) in [4.78, 5) is 19.7. The third-order valence-corrected chi connectivity index (χ3v) is 6.97. The van der Waals surface area contributed by atoms with Gasteiger partial charge in [-0.3, -0.25) is 9.69 Å². The number of aryl methyl sites for hydroxylation is 1. The van der Waals surface area contributed by atoms with Crippen LogP contribution in [0.4, 0.5) is 8.78 Å². The Kier molecular flexibility index (Phi) is 7.04. The first-order valence-electron chi connectivity index (χ1n) is 12.3. The summed E-state index contributed by atoms with van der Waals surface area (Å²) in [5.74, 6) is -0.947. The van der Waals surface area contributed by atoms with E-state index in [1.807, 2.05) is 6.07 Å². The molecule has 1 fully saturated rings. The van der Waals surface area contributed by atoms with Crippen molar-refractivity contribution < 1.29 is 13.6 Å². The van der Waals surface area contributed by atoms with Gasteiger partial charge in [0, 0.05) is 37.0 Å². The molecule has 1 aliphatic heterocycles. The molecule has 0 aliphatic carbocycles. The number of hydrogen-bond acceptors (Lipinski definition) is 4. The molecule has 0 radical (unpaired) electrons. The minimum atomic E-state index is -0.695. The number of piperidine rings is 1. The molecule has 2 aromatic heterocycles. The Morgan fingerprint density at radius 1 is 1.08 bits per heavy atom. The lowest BCUT2D eigenvalue weighted by atomic mass is 9.93. The van der Waals surface area contributed by atoms with Gasteiger partial charge in [-0.25, -0.2) is 18.3 Å². The SMILES string of the molecule is Cc1c(C(=O)NCCC2CCN(Cc3ccccc3)CC2)cnc2cc(-c3ccc(F)cc3F)nn12. The lowest BCUT2D eigenvalue weighted by molar-refractivity contribution is 0.0946. The number of benzene rings is 2. The number of rotatable bonds is 7. The molecular weight excluding hydrogens is 460 g/mol. The van der Waals surface area contributed by atoms with E-state index in [0.29, 0.717) is 35.1 Å². The van der Waals surface area contributed by atoms with Gasteiger partial charge in [0.2, 0.25) is 0 Å². The summed E-state index contributed by atoms with van der Waals surface area (Å²) in [5.41, 5.74) is 3.39. The van der Waals surface area contributed by atoms with Gasteiger partial charge in [-0.1, -0.05) is 30.3 Å². The van der Waals surface area contributed by atoms with Gasteiger partial charge in [-0.05, 0) is 62.9 Å². The molecule has 186 valence electrons. The molecule has 6 nitrogen and oxygen atoms in total. The molecule has 0 atom stereocenters. The molecule has 4 aromatic rings. The first kappa shape index (κ1) is 24.1. The number of aromatic nitrogens is 3. The molecule has 0 saturated carbocycles. The average molecular weight is 490 g/mol. The number of nitrogens with zero attached hydrogens (tertiary/aromatic N) is 4. The maximum atomic E-state index is 14.2. The fraction of sp³-hybridized carbons (Fsp3) is 0.321. The molecule has 1 N–H and O–H groups in total. The van der Waals surface area contributed by atoms with Gasteiger partial charge in [0.25, 0.3) is 5.91 Å². The van der Waals surface area contributed by atoms with Crippen LogP contribution in [0.25, 0.3) is 16.9 Å². The van der Waals surface area contributed by atoms with Gasteiger partial charge in [0.1, 0.15) is 11.6 Å². The number of hydrogen-bond donors (Lipinski definition) is 1. The number of likely N-dealkylation sites (tertiary alicyclic amines) is 1. The van der Waals surface area contributed by atoms with E-state index >= 15 is 0 Å². The summed E-state index contributed by atoms with van der Waals surface area (Å²) in [5, 5.41) is 7.44. The number of amides is 1. The zero-order chi connectivity index (χ0) is 25.1. The molecule has 1 amide bonds. The van der Waals surface area contributed by atoms with Crippen molar-refractivity contribution in [3.05, 3.63) is 89.2 Å². The van der Waals surface area contributed by atoms with Crippen LogP contribution in [0.2, 0.25) is 0 Å². The maximum absolute atomic E-state index is 14.2. The summed E-state index contributed by atoms with van der Waals surface area (Å²) in [7, 11) is 0. The van der Waals surface area contributed by atoms with Crippen LogP contribution in [0.5, 0.6) is 0 Å². The number of halogens is 2. The first-order valence-corrected chi connectivity index (χ1v) is 12.3. The summed E-state index contributed by atoms with van der Waals surface area (Å²) in [6.45, 7) is 5.52. The largest absolute Gasteiger partial charge is 0.352 e. The normalized spacial score (nSPS) is 14.9. The Hall–Kier alpha value is -3.65. The van der Waals surface area contributed by atoms with Crippen LogP contribution in [0.1, 0.15) is 40.9 Å². The molecule has 0 unspecified atom stereocenters. The van der Waals surface area contributed by atoms with E-state index in [0.717, 1.165) is 45.0 Å². The van der Waals surface area contributed by atoms with Crippen LogP contribution in [0.3, 0.4) is 0 Å². The van der Waals surface area contributed by atoms with Gasteiger partial charge in [0.05, 0.1) is 17.0 Å². The average Bonchev–Trinajstić information content (AvgIpc) is 3.31. The van der Waals surface area contributed by atoms with Crippen molar-refractivity contribution in [3.63, 3.8) is 0 Å². The van der Waals surface area contributed by atoms with E-state index < -0.39 is 11.6 Å². The number of carbonyl (C=O) groups excluding carboxylic acids is 1. The third kappa shape index (κ3) is 5.28. The molecule has 2 aromatic carbocycles. The van der Waals surface area contributed by atoms with E-state index in [1.165, 1.54) is 28.4 Å². The topological polar surface area (TPSA) is 62.5 Å². The molecule has 5 rings (SSSR count). The Balaban J connectivity index is 1.16. The molecule has 36 heavy (non-hydrogen) atoms. The quantitative estimate of drug-likeness (QED) is 0.396. The minimum Gasteiger partial charge on any atom is -0.352 e. The highest BCUT2D eigenvalue weighted by Gasteiger charge is 2.20. The minimum absolute atomic E-state index is 0.183. The first-order chi connectivity index (χ1) is 17.5. The zero-order valence-corrected chi connectivity index (χ0v) is 20.3. The molecule has 0 spiro atoms. The Labute approximate surface area is 209 Å². The van der Waals surface area contributed by atoms with E-state index in [2.05, 4.69) is 44.6 Å². The molecular formula is C28H29F2N5O. The van der Waals surface area contributed by atoms with Crippen LogP contribution in [0, 0.1) is 24.5 Å². The molecule has 0 bridgehead atoms. The van der Waals surface area contributed by atoms with Gasteiger partial charge in [-0.15, -0.1) is 0 Å². The Morgan fingerprint density at radius 2 is 1.86 bits per heavy atom. The van der Waals surface area contributed by atoms with E-state index in [4.69, 9.17) is 0 Å². The Morgan fingerprint density at radius 3 is 2.61 bits per heavy atom. The number of fused-ring (bicyclic) bond motifs is 1. The van der Waals surface area contributed by atoms with Crippen molar-refractivity contribution >= 4 is 11.6 Å². The summed E-state index contributed by atoms with van der Waals surface area (Å²) in [6, 6.07) is 15.5. The smallest absolute Gasteiger partial charge is 0.254 e. The highest BCUT2D eigenvalue weighted by Crippen LogP contribution is 2.24. The van der Waals surface area contributed by atoms with Gasteiger partial charge in [-0.2, -0.15) is 5.10 Å². The molecule has 1 saturated heterocycles. The van der Waals surface area contributed by atoms with Crippen LogP contribution in [-0.2, 0) is 6.54 Å². The second kappa shape index (κ2) is 10.5. The van der Waals surface area contributed by atoms with Crippen LogP contribution >= 0.6 is 0 Å². The lowest BCUT2D eigenvalue weighted by Gasteiger charge is -2.32. The van der Waals surface area contributed by atoms with Crippen molar-refractivity contribution in [1.82, 2.24) is 24.8 Å². The summed E-state index contributed by atoms with van der Waals surface area (Å²) in [6.07, 6.45) is 4.72. The molecule has 8 heteroatoms. The predicted octanol–water partition coefficient (Wildman–Crippen LogP) is 5.02. The van der Waals surface area contributed by atoms with E-state index in [9.17, 15) is 13.6 Å². The van der Waals surface area contributed by atoms with Crippen molar-refractivity contribution in [2.24, 2.45) is 5.92 Å². The predicted molar refractivity (Wildman–Crippen MR) is 134 cm³/mol. The van der Waals surface area contributed by atoms with Crippen molar-refractivity contribution in [2.75, 3.05) is 19.6 Å². The van der Waals surface area contributed by atoms with Gasteiger partial charge >= 0.3 is 0 Å². The molecule has 3 heterocycles. The monoisotopic (exact) mass is 489 g/mol. The zero-order valence-electron chi connectivity index (χ0n) is 20.3. The second-order valence-corrected chi connectivity index (χ2v) is 9.43. The standard InChI is InChI=1S/C28H29F2N5O/c1-19-24(17-32-27-16-26(33-35(19)27)23-8-7-22(29)15-25(23)30)28(36)31-12-9-20-10-13-34(14-11-20)18-21-5-3-2-4-6-21/h2-8,15-17,20H,9-14,18H2,1H3,(H,31,36). The Bertz CT molecular complexity index is 1360. The maximum Gasteiger partial charge on any atom is 0.254 e. The van der Waals surface area contributed by atoms with E-state index in [-0.39, 0.29) is 11.5 Å². The number of carbonyl (C=O) groups is 1. The van der Waals surface area contributed by atoms with Crippen molar-refractivity contribution in [3.8, 4) is 11.3 Å². The van der Waals surface area contributed by atoms with Crippen molar-refractivity contribution in [2.45, 2.75) is 32.7 Å². The summed E-state index contributed by atoms with van der Waals surface area (Å²) >= 11 is 0. The second-order valence-electron chi connectivity index (χ2n) is 9.43. The van der Waals surface area contributed by atoms with Crippen LogP contribution < -0.4 is 5.32 Å². The number of nitrogens with one attached hydrogen (secondary N) is 1. The van der Waals surface area contributed by atoms with Gasteiger partial charge < -0.3 is 5.32 Å². The van der Waals surface area contributed by atoms with Crippen LogP contribution in [-0.4, -0.2) is 45.0 Å².